The minimum absolute atomic E-state index is 0.00683. The van der Waals surface area contributed by atoms with Crippen LogP contribution in [-0.4, -0.2) is 50.3 Å². The Morgan fingerprint density at radius 2 is 2.10 bits per heavy atom. The molecule has 0 aromatic heterocycles. The molecule has 5 nitrogen and oxygen atoms in total. The van der Waals surface area contributed by atoms with E-state index in [1.807, 2.05) is 14.0 Å². The number of sulfonamides is 1. The summed E-state index contributed by atoms with van der Waals surface area (Å²) in [5, 5.41) is 0. The first kappa shape index (κ1) is 16.7. The lowest BCUT2D eigenvalue weighted by atomic mass is 10.2. The van der Waals surface area contributed by atoms with E-state index in [4.69, 9.17) is 5.73 Å². The Hall–Kier alpha value is -0.630. The fourth-order valence-corrected chi connectivity index (χ4v) is 4.70. The van der Waals surface area contributed by atoms with Gasteiger partial charge in [0.1, 0.15) is 0 Å². The average Bonchev–Trinajstić information content (AvgIpc) is 2.63. The lowest BCUT2D eigenvalue weighted by Gasteiger charge is -2.29. The summed E-state index contributed by atoms with van der Waals surface area (Å²) in [5.74, 6) is 0. The van der Waals surface area contributed by atoms with Gasteiger partial charge < -0.3 is 10.6 Å². The maximum atomic E-state index is 12.9. The van der Waals surface area contributed by atoms with Gasteiger partial charge >= 0.3 is 0 Å². The number of anilines is 1. The normalized spacial score (nSPS) is 22.1. The maximum absolute atomic E-state index is 12.9. The molecule has 1 heterocycles. The largest absolute Gasteiger partial charge is 0.398 e. The fraction of sp³-hybridized carbons (Fsp3) is 0.571. The van der Waals surface area contributed by atoms with Crippen molar-refractivity contribution in [2.75, 3.05) is 32.4 Å². The molecule has 1 aromatic rings. The van der Waals surface area contributed by atoms with E-state index in [1.54, 1.807) is 16.4 Å². The Morgan fingerprint density at radius 3 is 2.71 bits per heavy atom. The second-order valence-electron chi connectivity index (χ2n) is 5.48. The van der Waals surface area contributed by atoms with Gasteiger partial charge in [-0.2, -0.15) is 4.31 Å². The molecule has 118 valence electrons. The zero-order valence-corrected chi connectivity index (χ0v) is 14.8. The van der Waals surface area contributed by atoms with Gasteiger partial charge in [0.2, 0.25) is 10.0 Å². The summed E-state index contributed by atoms with van der Waals surface area (Å²) in [6.07, 6.45) is 1.65. The molecule has 2 rings (SSSR count). The van der Waals surface area contributed by atoms with Gasteiger partial charge in [0, 0.05) is 29.3 Å². The molecule has 7 heteroatoms. The van der Waals surface area contributed by atoms with E-state index in [0.29, 0.717) is 16.7 Å². The molecule has 1 aliphatic rings. The fourth-order valence-electron chi connectivity index (χ4n) is 2.69. The van der Waals surface area contributed by atoms with Gasteiger partial charge in [-0.3, -0.25) is 0 Å². The monoisotopic (exact) mass is 375 g/mol. The molecule has 1 aromatic carbocycles. The Bertz CT molecular complexity index is 606. The van der Waals surface area contributed by atoms with Crippen LogP contribution < -0.4 is 5.73 Å². The zero-order chi connectivity index (χ0) is 15.6. The third-order valence-electron chi connectivity index (χ3n) is 3.89. The van der Waals surface area contributed by atoms with Crippen LogP contribution in [0.4, 0.5) is 5.69 Å². The summed E-state index contributed by atoms with van der Waals surface area (Å²) in [6.45, 7) is 4.27. The van der Waals surface area contributed by atoms with Gasteiger partial charge in [0.05, 0.1) is 4.90 Å². The lowest BCUT2D eigenvalue weighted by molar-refractivity contribution is 0.270. The summed E-state index contributed by atoms with van der Waals surface area (Å²) in [5.41, 5.74) is 6.27. The standard InChI is InChI=1S/C14H22BrN3O2S/c1-3-11-10-17(2)7-4-8-18(11)21(19,20)12-5-6-13(15)14(16)9-12/h5-6,9,11H,3-4,7-8,10,16H2,1-2H3. The summed E-state index contributed by atoms with van der Waals surface area (Å²) in [6, 6.07) is 4.83. The first-order valence-electron chi connectivity index (χ1n) is 7.11. The highest BCUT2D eigenvalue weighted by atomic mass is 79.9. The molecule has 2 N–H and O–H groups in total. The van der Waals surface area contributed by atoms with Crippen molar-refractivity contribution in [2.45, 2.75) is 30.7 Å². The Kier molecular flexibility index (Phi) is 5.29. The third-order valence-corrected chi connectivity index (χ3v) is 6.56. The molecule has 0 spiro atoms. The van der Waals surface area contributed by atoms with Crippen molar-refractivity contribution >= 4 is 31.6 Å². The van der Waals surface area contributed by atoms with Crippen molar-refractivity contribution < 1.29 is 8.42 Å². The highest BCUT2D eigenvalue weighted by molar-refractivity contribution is 9.10. The number of hydrogen-bond acceptors (Lipinski definition) is 4. The highest BCUT2D eigenvalue weighted by Crippen LogP contribution is 2.27. The van der Waals surface area contributed by atoms with Crippen molar-refractivity contribution in [3.05, 3.63) is 22.7 Å². The van der Waals surface area contributed by atoms with Crippen LogP contribution in [-0.2, 0) is 10.0 Å². The lowest BCUT2D eigenvalue weighted by Crippen LogP contribution is -2.43. The van der Waals surface area contributed by atoms with E-state index in [1.165, 1.54) is 6.07 Å². The number of nitrogens with zero attached hydrogens (tertiary/aromatic N) is 2. The van der Waals surface area contributed by atoms with Gasteiger partial charge in [-0.15, -0.1) is 0 Å². The highest BCUT2D eigenvalue weighted by Gasteiger charge is 2.32. The van der Waals surface area contributed by atoms with Crippen LogP contribution in [0.2, 0.25) is 0 Å². The molecule has 1 atom stereocenters. The smallest absolute Gasteiger partial charge is 0.243 e. The summed E-state index contributed by atoms with van der Waals surface area (Å²) < 4.78 is 28.2. The molecule has 1 fully saturated rings. The van der Waals surface area contributed by atoms with Crippen LogP contribution in [0.1, 0.15) is 19.8 Å². The number of likely N-dealkylation sites (N-methyl/N-ethyl adjacent to an activating group) is 1. The molecule has 0 aliphatic carbocycles. The molecule has 1 unspecified atom stereocenters. The van der Waals surface area contributed by atoms with Crippen molar-refractivity contribution in [1.82, 2.24) is 9.21 Å². The molecular formula is C14H22BrN3O2S. The van der Waals surface area contributed by atoms with Gasteiger partial charge in [0.25, 0.3) is 0 Å². The summed E-state index contributed by atoms with van der Waals surface area (Å²) >= 11 is 3.30. The predicted octanol–water partition coefficient (Wildman–Crippen LogP) is 2.14. The number of halogens is 1. The third kappa shape index (κ3) is 3.59. The van der Waals surface area contributed by atoms with Gasteiger partial charge in [-0.05, 0) is 60.6 Å². The number of hydrogen-bond donors (Lipinski definition) is 1. The van der Waals surface area contributed by atoms with E-state index in [0.717, 1.165) is 25.9 Å². The van der Waals surface area contributed by atoms with Crippen molar-refractivity contribution in [3.8, 4) is 0 Å². The van der Waals surface area contributed by atoms with Crippen molar-refractivity contribution in [3.63, 3.8) is 0 Å². The van der Waals surface area contributed by atoms with E-state index in [-0.39, 0.29) is 10.9 Å². The molecule has 0 amide bonds. The second-order valence-corrected chi connectivity index (χ2v) is 8.22. The number of benzene rings is 1. The minimum atomic E-state index is -3.50. The van der Waals surface area contributed by atoms with Gasteiger partial charge in [-0.1, -0.05) is 6.92 Å². The number of nitrogen functional groups attached to an aromatic ring is 1. The van der Waals surface area contributed by atoms with Gasteiger partial charge in [-0.25, -0.2) is 8.42 Å². The van der Waals surface area contributed by atoms with Gasteiger partial charge in [0.15, 0.2) is 0 Å². The first-order chi connectivity index (χ1) is 9.86. The maximum Gasteiger partial charge on any atom is 0.243 e. The van der Waals surface area contributed by atoms with E-state index >= 15 is 0 Å². The Balaban J connectivity index is 2.38. The van der Waals surface area contributed by atoms with E-state index in [2.05, 4.69) is 20.8 Å². The van der Waals surface area contributed by atoms with Crippen LogP contribution in [0.5, 0.6) is 0 Å². The molecule has 0 radical (unpaired) electrons. The van der Waals surface area contributed by atoms with Crippen molar-refractivity contribution in [2.24, 2.45) is 0 Å². The van der Waals surface area contributed by atoms with Crippen molar-refractivity contribution in [1.29, 1.82) is 0 Å². The second kappa shape index (κ2) is 6.64. The van der Waals surface area contributed by atoms with Crippen LogP contribution in [0, 0.1) is 0 Å². The SMILES string of the molecule is CCC1CN(C)CCCN1S(=O)(=O)c1ccc(Br)c(N)c1. The summed E-state index contributed by atoms with van der Waals surface area (Å²) in [4.78, 5) is 2.46. The molecular weight excluding hydrogens is 354 g/mol. The first-order valence-corrected chi connectivity index (χ1v) is 9.35. The number of nitrogens with two attached hydrogens (primary N) is 1. The van der Waals surface area contributed by atoms with E-state index in [9.17, 15) is 8.42 Å². The Morgan fingerprint density at radius 1 is 1.38 bits per heavy atom. The Labute approximate surface area is 135 Å². The predicted molar refractivity (Wildman–Crippen MR) is 88.6 cm³/mol. The zero-order valence-electron chi connectivity index (χ0n) is 12.4. The number of rotatable bonds is 3. The molecule has 21 heavy (non-hydrogen) atoms. The van der Waals surface area contributed by atoms with Crippen LogP contribution >= 0.6 is 15.9 Å². The average molecular weight is 376 g/mol. The molecule has 1 aliphatic heterocycles. The minimum Gasteiger partial charge on any atom is -0.398 e. The van der Waals surface area contributed by atoms with E-state index < -0.39 is 10.0 Å². The van der Waals surface area contributed by atoms with Crippen LogP contribution in [0.3, 0.4) is 0 Å². The topological polar surface area (TPSA) is 66.6 Å². The molecule has 1 saturated heterocycles. The molecule has 0 saturated carbocycles. The quantitative estimate of drug-likeness (QED) is 0.821. The summed E-state index contributed by atoms with van der Waals surface area (Å²) in [7, 11) is -1.47. The molecule has 0 bridgehead atoms. The van der Waals surface area contributed by atoms with Crippen LogP contribution in [0.25, 0.3) is 0 Å². The van der Waals surface area contributed by atoms with Crippen LogP contribution in [0.15, 0.2) is 27.6 Å².